The number of amides is 1. The number of esters is 2. The molecular weight excluding hydrogens is 1140 g/mol. The monoisotopic (exact) mass is 1200 g/mol. The average molecular weight is 1200 g/mol. The third-order valence-electron chi connectivity index (χ3n) is 12.9. The summed E-state index contributed by atoms with van der Waals surface area (Å²) in [5, 5.41) is 0. The third kappa shape index (κ3) is 14.0. The van der Waals surface area contributed by atoms with Crippen LogP contribution in [0.2, 0.25) is 0 Å². The van der Waals surface area contributed by atoms with Crippen molar-refractivity contribution in [2.45, 2.75) is 26.4 Å². The maximum Gasteiger partial charge on any atom is 0.338 e. The van der Waals surface area contributed by atoms with Crippen LogP contribution < -0.4 is 4.74 Å². The Bertz CT molecular complexity index is 3260. The van der Waals surface area contributed by atoms with E-state index in [1.807, 2.05) is 51.1 Å². The maximum absolute atomic E-state index is 13.5. The van der Waals surface area contributed by atoms with Crippen molar-refractivity contribution in [3.63, 3.8) is 0 Å². The first-order valence-corrected chi connectivity index (χ1v) is 29.8. The third-order valence-corrected chi connectivity index (χ3v) is 17.2. The lowest BCUT2D eigenvalue weighted by atomic mass is 9.78. The number of fused-ring (bicyclic) bond motifs is 5. The number of hydrogen-bond donors (Lipinski definition) is 0. The summed E-state index contributed by atoms with van der Waals surface area (Å²) in [5.74, 6) is -0.536. The van der Waals surface area contributed by atoms with Crippen LogP contribution in [-0.4, -0.2) is 172 Å². The number of carbonyl (C=O) groups excluding carboxylic acids is 3. The van der Waals surface area contributed by atoms with Gasteiger partial charge in [0.05, 0.1) is 153 Å². The Morgan fingerprint density at radius 3 is 1.69 bits per heavy atom. The first-order valence-electron chi connectivity index (χ1n) is 26.2. The number of rotatable bonds is 31. The van der Waals surface area contributed by atoms with Crippen molar-refractivity contribution in [1.29, 1.82) is 0 Å². The Hall–Kier alpha value is -5.71. The summed E-state index contributed by atoms with van der Waals surface area (Å²) in [6.07, 6.45) is 3.39. The van der Waals surface area contributed by atoms with Crippen LogP contribution >= 0.6 is 58.4 Å². The summed E-state index contributed by atoms with van der Waals surface area (Å²) in [4.78, 5) is 56.2. The van der Waals surface area contributed by atoms with E-state index in [-0.39, 0.29) is 32.3 Å². The lowest BCUT2D eigenvalue weighted by Crippen LogP contribution is -2.38. The number of aromatic nitrogens is 4. The minimum absolute atomic E-state index is 0.0440. The van der Waals surface area contributed by atoms with Crippen LogP contribution in [0.25, 0.3) is 48.3 Å². The van der Waals surface area contributed by atoms with E-state index >= 15 is 0 Å². The van der Waals surface area contributed by atoms with Crippen molar-refractivity contribution in [3.05, 3.63) is 116 Å². The zero-order chi connectivity index (χ0) is 56.7. The second-order valence-electron chi connectivity index (χ2n) is 18.2. The number of thiocarbonyl (C=S) groups is 1. The fourth-order valence-electron chi connectivity index (χ4n) is 8.97. The van der Waals surface area contributed by atoms with Crippen molar-refractivity contribution < 1.29 is 66.5 Å². The van der Waals surface area contributed by atoms with E-state index in [2.05, 4.69) is 6.07 Å². The molecule has 2 aliphatic heterocycles. The molecule has 0 saturated carbocycles. The number of thiophene rings is 2. The number of carbonyl (C=O) groups is 3. The van der Waals surface area contributed by atoms with Crippen molar-refractivity contribution in [2.75, 3.05) is 126 Å². The standard InChI is InChI=1S/C57H61N5O14S5/c1-6-62-53(63)45(80-56(62)77)32-41-34-58-49-46(50-48(60-81-61-50)36(3)47(49)59-41)44-33-42-51(79-44)52-43(31-35(2)78-52)76-57(42,39-11-7-37(8-12-39)54(64)74-29-27-72-25-23-70-21-19-68-17-15-66-4)40-13-9-38(10-14-40)55(65)75-30-28-73-26-24-71-22-20-69-18-16-67-5/h7-14,31-34H,6,15-30H2,1-5H3/b45-32+. The number of nitrogens with zero attached hydrogens (tertiary/aromatic N) is 5. The van der Waals surface area contributed by atoms with Gasteiger partial charge in [-0.15, -0.1) is 22.7 Å². The second kappa shape index (κ2) is 29.0. The van der Waals surface area contributed by atoms with Crippen LogP contribution in [0, 0.1) is 13.8 Å². The van der Waals surface area contributed by atoms with E-state index in [9.17, 15) is 14.4 Å². The van der Waals surface area contributed by atoms with Gasteiger partial charge in [-0.2, -0.15) is 8.75 Å². The van der Waals surface area contributed by atoms with Gasteiger partial charge in [-0.25, -0.2) is 14.6 Å². The molecule has 81 heavy (non-hydrogen) atoms. The largest absolute Gasteiger partial charge is 0.471 e. The average Bonchev–Trinajstić information content (AvgIpc) is 2.62. The highest BCUT2D eigenvalue weighted by molar-refractivity contribution is 8.26. The van der Waals surface area contributed by atoms with Crippen molar-refractivity contribution in [3.8, 4) is 25.9 Å². The van der Waals surface area contributed by atoms with Crippen LogP contribution in [0.1, 0.15) is 60.5 Å². The van der Waals surface area contributed by atoms with Crippen LogP contribution in [0.3, 0.4) is 0 Å². The summed E-state index contributed by atoms with van der Waals surface area (Å²) in [6, 6.07) is 18.5. The van der Waals surface area contributed by atoms with Crippen LogP contribution in [0.5, 0.6) is 5.75 Å². The number of likely N-dealkylation sites (N-methyl/N-ethyl adjacent to an activating group) is 1. The summed E-state index contributed by atoms with van der Waals surface area (Å²) in [7, 11) is 3.24. The molecule has 0 N–H and O–H groups in total. The minimum atomic E-state index is -1.34. The Kier molecular flexibility index (Phi) is 21.4. The molecule has 0 radical (unpaired) electrons. The molecule has 1 saturated heterocycles. The Labute approximate surface area is 490 Å². The Balaban J connectivity index is 1.01. The van der Waals surface area contributed by atoms with Crippen LogP contribution in [-0.2, 0) is 57.8 Å². The molecule has 0 aliphatic carbocycles. The van der Waals surface area contributed by atoms with E-state index in [1.165, 1.54) is 11.8 Å². The smallest absolute Gasteiger partial charge is 0.338 e. The van der Waals surface area contributed by atoms with Gasteiger partial charge in [0.15, 0.2) is 5.60 Å². The summed E-state index contributed by atoms with van der Waals surface area (Å²) >= 11 is 11.0. The number of hydrogen-bond acceptors (Lipinski definition) is 23. The van der Waals surface area contributed by atoms with Crippen molar-refractivity contribution in [1.82, 2.24) is 23.6 Å². The summed E-state index contributed by atoms with van der Waals surface area (Å²) < 4.78 is 71.9. The Morgan fingerprint density at radius 1 is 0.654 bits per heavy atom. The zero-order valence-electron chi connectivity index (χ0n) is 45.4. The van der Waals surface area contributed by atoms with Gasteiger partial charge in [0.25, 0.3) is 5.91 Å². The van der Waals surface area contributed by atoms with Gasteiger partial charge in [-0.05, 0) is 63.2 Å². The SMILES string of the molecule is CCN1C(=O)/C(=C\c2cnc3c(-c4cc5c(s4)-c4sc(C)cc4OC5(c4ccc(C(=O)OCCOCCOCCOCCOC)cc4)c4ccc(C(=O)OCCOCCOCCOCCOC)cc4)c4nsnc4c(C)c3n2)SC1=S. The minimum Gasteiger partial charge on any atom is -0.471 e. The predicted molar refractivity (Wildman–Crippen MR) is 315 cm³/mol. The summed E-state index contributed by atoms with van der Waals surface area (Å²) in [5.41, 5.74) is 6.18. The first-order chi connectivity index (χ1) is 39.6. The molecule has 0 atom stereocenters. The van der Waals surface area contributed by atoms with Gasteiger partial charge >= 0.3 is 11.9 Å². The molecule has 3 aromatic carbocycles. The second-order valence-corrected chi connectivity index (χ2v) is 22.7. The van der Waals surface area contributed by atoms with E-state index < -0.39 is 17.5 Å². The number of aryl methyl sites for hydroxylation is 2. The molecule has 0 spiro atoms. The molecule has 428 valence electrons. The summed E-state index contributed by atoms with van der Waals surface area (Å²) in [6.45, 7) is 12.1. The van der Waals surface area contributed by atoms with Gasteiger partial charge in [0.2, 0.25) is 0 Å². The lowest BCUT2D eigenvalue weighted by molar-refractivity contribution is -0.122. The fraction of sp³-hybridized carbons (Fsp3) is 0.404. The highest BCUT2D eigenvalue weighted by Gasteiger charge is 2.47. The van der Waals surface area contributed by atoms with E-state index in [4.69, 9.17) is 83.0 Å². The molecule has 0 bridgehead atoms. The zero-order valence-corrected chi connectivity index (χ0v) is 49.5. The topological polar surface area (TPSA) is 208 Å². The maximum atomic E-state index is 13.5. The van der Waals surface area contributed by atoms with Gasteiger partial charge in [0.1, 0.15) is 34.3 Å². The van der Waals surface area contributed by atoms with Gasteiger partial charge in [-0.1, -0.05) is 48.2 Å². The van der Waals surface area contributed by atoms with E-state index in [0.29, 0.717) is 151 Å². The van der Waals surface area contributed by atoms with Gasteiger partial charge < -0.3 is 52.1 Å². The van der Waals surface area contributed by atoms with E-state index in [0.717, 1.165) is 47.9 Å². The number of thioether (sulfide) groups is 1. The molecule has 9 rings (SSSR count). The van der Waals surface area contributed by atoms with Crippen LogP contribution in [0.15, 0.2) is 71.8 Å². The number of ether oxygens (including phenoxy) is 11. The number of benzene rings is 3. The van der Waals surface area contributed by atoms with E-state index in [1.54, 1.807) is 78.3 Å². The number of methoxy groups -OCH3 is 2. The molecule has 6 heterocycles. The fourth-order valence-corrected chi connectivity index (χ4v) is 13.3. The molecular formula is C57H61N5O14S5. The van der Waals surface area contributed by atoms with Crippen molar-refractivity contribution in [2.24, 2.45) is 0 Å². The molecule has 1 amide bonds. The molecule has 24 heteroatoms. The highest BCUT2D eigenvalue weighted by Crippen LogP contribution is 2.59. The molecule has 7 aromatic rings. The Morgan fingerprint density at radius 2 is 1.17 bits per heavy atom. The van der Waals surface area contributed by atoms with Gasteiger partial charge in [-0.3, -0.25) is 14.7 Å². The van der Waals surface area contributed by atoms with Crippen molar-refractivity contribution >= 4 is 109 Å². The van der Waals surface area contributed by atoms with Gasteiger partial charge in [0, 0.05) is 58.3 Å². The first kappa shape index (κ1) is 59.9. The molecule has 4 aromatic heterocycles. The molecule has 19 nitrogen and oxygen atoms in total. The van der Waals surface area contributed by atoms with Crippen LogP contribution in [0.4, 0.5) is 0 Å². The molecule has 2 aliphatic rings. The quantitative estimate of drug-likeness (QED) is 0.0172. The lowest BCUT2D eigenvalue weighted by Gasteiger charge is -2.39. The highest BCUT2D eigenvalue weighted by atomic mass is 32.2. The molecule has 0 unspecified atom stereocenters. The predicted octanol–water partition coefficient (Wildman–Crippen LogP) is 9.32. The normalized spacial score (nSPS) is 14.3. The molecule has 1 fully saturated rings.